The highest BCUT2D eigenvalue weighted by molar-refractivity contribution is 5.48. The van der Waals surface area contributed by atoms with Crippen molar-refractivity contribution in [3.63, 3.8) is 0 Å². The number of ether oxygens (including phenoxy) is 1. The van der Waals surface area contributed by atoms with Gasteiger partial charge in [0, 0.05) is 0 Å². The van der Waals surface area contributed by atoms with Gasteiger partial charge < -0.3 is 9.64 Å². The summed E-state index contributed by atoms with van der Waals surface area (Å²) in [5.74, 6) is 0.0707. The Morgan fingerprint density at radius 2 is 1.75 bits per heavy atom. The van der Waals surface area contributed by atoms with Crippen molar-refractivity contribution >= 4 is 11.5 Å². The lowest BCUT2D eigenvalue weighted by Crippen LogP contribution is -2.54. The van der Waals surface area contributed by atoms with E-state index >= 15 is 0 Å². The zero-order valence-corrected chi connectivity index (χ0v) is 12.3. The molecule has 2 aromatic heterocycles. The summed E-state index contributed by atoms with van der Waals surface area (Å²) in [6.45, 7) is 1.10. The highest BCUT2D eigenvalue weighted by Crippen LogP contribution is 2.28. The van der Waals surface area contributed by atoms with Gasteiger partial charge in [-0.25, -0.2) is 0 Å². The second kappa shape index (κ2) is 5.36. The zero-order chi connectivity index (χ0) is 16.7. The standard InChI is InChI=1S/C15H12F3N5O/c16-15(17,18)14-20-19-12-6-7-13(21-23(12)14)22-8-11(9-22)24-10-4-2-1-3-5-10/h1-7,11H,8-9H2. The van der Waals surface area contributed by atoms with Crippen LogP contribution in [0.2, 0.25) is 0 Å². The topological polar surface area (TPSA) is 55.5 Å². The van der Waals surface area contributed by atoms with Crippen LogP contribution in [0.5, 0.6) is 5.75 Å². The first-order valence-electron chi connectivity index (χ1n) is 7.27. The summed E-state index contributed by atoms with van der Waals surface area (Å²) in [7, 11) is 0. The van der Waals surface area contributed by atoms with Crippen molar-refractivity contribution in [2.24, 2.45) is 0 Å². The lowest BCUT2D eigenvalue weighted by molar-refractivity contribution is -0.146. The van der Waals surface area contributed by atoms with E-state index in [0.717, 1.165) is 10.3 Å². The maximum atomic E-state index is 12.9. The van der Waals surface area contributed by atoms with Crippen LogP contribution >= 0.6 is 0 Å². The van der Waals surface area contributed by atoms with Gasteiger partial charge in [-0.15, -0.1) is 15.3 Å². The molecule has 0 saturated carbocycles. The molecule has 1 aliphatic rings. The van der Waals surface area contributed by atoms with Gasteiger partial charge in [-0.05, 0) is 24.3 Å². The van der Waals surface area contributed by atoms with E-state index in [-0.39, 0.29) is 11.8 Å². The second-order valence-electron chi connectivity index (χ2n) is 5.44. The predicted octanol–water partition coefficient (Wildman–Crippen LogP) is 2.41. The quantitative estimate of drug-likeness (QED) is 0.736. The van der Waals surface area contributed by atoms with Crippen LogP contribution in [-0.2, 0) is 6.18 Å². The molecule has 3 heterocycles. The van der Waals surface area contributed by atoms with Crippen LogP contribution in [0.15, 0.2) is 42.5 Å². The van der Waals surface area contributed by atoms with Gasteiger partial charge in [-0.2, -0.15) is 17.7 Å². The van der Waals surface area contributed by atoms with Crippen molar-refractivity contribution in [3.05, 3.63) is 48.3 Å². The van der Waals surface area contributed by atoms with Crippen molar-refractivity contribution in [2.45, 2.75) is 12.3 Å². The SMILES string of the molecule is FC(F)(F)c1nnc2ccc(N3CC(Oc4ccccc4)C3)nn12. The molecule has 6 nitrogen and oxygen atoms in total. The minimum Gasteiger partial charge on any atom is -0.487 e. The van der Waals surface area contributed by atoms with Crippen LogP contribution in [0.3, 0.4) is 0 Å². The largest absolute Gasteiger partial charge is 0.487 e. The number of alkyl halides is 3. The van der Waals surface area contributed by atoms with Gasteiger partial charge >= 0.3 is 6.18 Å². The summed E-state index contributed by atoms with van der Waals surface area (Å²) in [5.41, 5.74) is 0.0590. The van der Waals surface area contributed by atoms with Crippen molar-refractivity contribution in [1.82, 2.24) is 19.8 Å². The third-order valence-electron chi connectivity index (χ3n) is 3.72. The highest BCUT2D eigenvalue weighted by Gasteiger charge is 2.38. The third kappa shape index (κ3) is 2.61. The Bertz CT molecular complexity index is 858. The van der Waals surface area contributed by atoms with Crippen LogP contribution in [0.4, 0.5) is 19.0 Å². The van der Waals surface area contributed by atoms with Crippen LogP contribution in [0.1, 0.15) is 5.82 Å². The number of hydrogen-bond acceptors (Lipinski definition) is 5. The molecule has 3 aromatic rings. The fraction of sp³-hybridized carbons (Fsp3) is 0.267. The molecule has 0 amide bonds. The third-order valence-corrected chi connectivity index (χ3v) is 3.72. The van der Waals surface area contributed by atoms with E-state index in [2.05, 4.69) is 15.3 Å². The first-order chi connectivity index (χ1) is 11.5. The minimum absolute atomic E-state index is 0.0205. The molecule has 0 N–H and O–H groups in total. The van der Waals surface area contributed by atoms with E-state index in [4.69, 9.17) is 4.74 Å². The molecule has 1 aliphatic heterocycles. The summed E-state index contributed by atoms with van der Waals surface area (Å²) in [4.78, 5) is 1.84. The van der Waals surface area contributed by atoms with E-state index < -0.39 is 12.0 Å². The summed E-state index contributed by atoms with van der Waals surface area (Å²) in [6, 6.07) is 12.5. The van der Waals surface area contributed by atoms with Crippen molar-refractivity contribution in [3.8, 4) is 5.75 Å². The van der Waals surface area contributed by atoms with E-state index in [1.54, 1.807) is 6.07 Å². The Balaban J connectivity index is 1.50. The predicted molar refractivity (Wildman–Crippen MR) is 78.9 cm³/mol. The fourth-order valence-corrected chi connectivity index (χ4v) is 2.52. The number of halogens is 3. The van der Waals surface area contributed by atoms with Crippen LogP contribution in [0.25, 0.3) is 5.65 Å². The minimum atomic E-state index is -4.60. The van der Waals surface area contributed by atoms with Crippen molar-refractivity contribution in [1.29, 1.82) is 0 Å². The van der Waals surface area contributed by atoms with E-state index in [9.17, 15) is 13.2 Å². The molecule has 24 heavy (non-hydrogen) atoms. The summed E-state index contributed by atoms with van der Waals surface area (Å²) < 4.78 is 45.2. The Labute approximate surface area is 134 Å². The molecular weight excluding hydrogens is 323 g/mol. The first kappa shape index (κ1) is 14.7. The molecule has 1 aromatic carbocycles. The molecule has 0 spiro atoms. The number of hydrogen-bond donors (Lipinski definition) is 0. The molecule has 0 aliphatic carbocycles. The molecule has 0 unspecified atom stereocenters. The van der Waals surface area contributed by atoms with Crippen LogP contribution < -0.4 is 9.64 Å². The average Bonchev–Trinajstić information content (AvgIpc) is 2.94. The maximum absolute atomic E-state index is 12.9. The smallest absolute Gasteiger partial charge is 0.453 e. The maximum Gasteiger partial charge on any atom is 0.453 e. The molecular formula is C15H12F3N5O. The van der Waals surface area contributed by atoms with Gasteiger partial charge in [0.05, 0.1) is 13.1 Å². The molecule has 124 valence electrons. The van der Waals surface area contributed by atoms with Gasteiger partial charge in [0.15, 0.2) is 5.65 Å². The molecule has 1 fully saturated rings. The Morgan fingerprint density at radius 1 is 1.00 bits per heavy atom. The zero-order valence-electron chi connectivity index (χ0n) is 12.3. The van der Waals surface area contributed by atoms with Gasteiger partial charge in [0.25, 0.3) is 5.82 Å². The summed E-state index contributed by atoms with van der Waals surface area (Å²) in [6.07, 6.45) is -4.62. The Kier molecular flexibility index (Phi) is 3.29. The molecule has 9 heteroatoms. The molecule has 4 rings (SSSR count). The Hall–Kier alpha value is -2.84. The number of nitrogens with zero attached hydrogens (tertiary/aromatic N) is 5. The lowest BCUT2D eigenvalue weighted by atomic mass is 10.1. The van der Waals surface area contributed by atoms with Crippen LogP contribution in [0, 0.1) is 0 Å². The normalized spacial score (nSPS) is 15.5. The van der Waals surface area contributed by atoms with Gasteiger partial charge in [-0.1, -0.05) is 18.2 Å². The number of para-hydroxylation sites is 1. The Morgan fingerprint density at radius 3 is 2.46 bits per heavy atom. The van der Waals surface area contributed by atoms with E-state index in [0.29, 0.717) is 18.9 Å². The second-order valence-corrected chi connectivity index (χ2v) is 5.44. The van der Waals surface area contributed by atoms with Gasteiger partial charge in [0.1, 0.15) is 17.7 Å². The van der Waals surface area contributed by atoms with Gasteiger partial charge in [-0.3, -0.25) is 0 Å². The van der Waals surface area contributed by atoms with E-state index in [1.807, 2.05) is 35.2 Å². The number of anilines is 1. The molecule has 0 atom stereocenters. The number of fused-ring (bicyclic) bond motifs is 1. The number of aromatic nitrogens is 4. The van der Waals surface area contributed by atoms with Crippen molar-refractivity contribution < 1.29 is 17.9 Å². The monoisotopic (exact) mass is 335 g/mol. The van der Waals surface area contributed by atoms with E-state index in [1.165, 1.54) is 6.07 Å². The molecule has 1 saturated heterocycles. The van der Waals surface area contributed by atoms with Crippen molar-refractivity contribution in [2.75, 3.05) is 18.0 Å². The average molecular weight is 335 g/mol. The van der Waals surface area contributed by atoms with Gasteiger partial charge in [0.2, 0.25) is 0 Å². The molecule has 0 bridgehead atoms. The lowest BCUT2D eigenvalue weighted by Gasteiger charge is -2.39. The summed E-state index contributed by atoms with van der Waals surface area (Å²) >= 11 is 0. The first-order valence-corrected chi connectivity index (χ1v) is 7.27. The highest BCUT2D eigenvalue weighted by atomic mass is 19.4. The number of benzene rings is 1. The molecule has 0 radical (unpaired) electrons. The number of rotatable bonds is 3. The summed E-state index contributed by atoms with van der Waals surface area (Å²) in [5, 5.41) is 10.7. The van der Waals surface area contributed by atoms with Crippen LogP contribution in [-0.4, -0.2) is 39.0 Å². The fourth-order valence-electron chi connectivity index (χ4n) is 2.52.